The second-order valence-electron chi connectivity index (χ2n) is 6.28. The molecule has 2 N–H and O–H groups in total. The molecule has 5 nitrogen and oxygen atoms in total. The van der Waals surface area contributed by atoms with Crippen LogP contribution in [0.3, 0.4) is 0 Å². The molecule has 27 heavy (non-hydrogen) atoms. The lowest BCUT2D eigenvalue weighted by atomic mass is 10.1. The number of carbonyl (C=O) groups is 1. The van der Waals surface area contributed by atoms with E-state index in [4.69, 9.17) is 0 Å². The van der Waals surface area contributed by atoms with Gasteiger partial charge in [0.15, 0.2) is 0 Å². The number of fused-ring (bicyclic) bond motifs is 2. The number of nitrogens with one attached hydrogen (secondary N) is 2. The molecule has 2 aliphatic rings. The van der Waals surface area contributed by atoms with Gasteiger partial charge in [-0.25, -0.2) is 9.53 Å². The zero-order valence-corrected chi connectivity index (χ0v) is 13.8. The molecule has 1 atom stereocenters. The van der Waals surface area contributed by atoms with Gasteiger partial charge in [0.1, 0.15) is 5.75 Å². The quantitative estimate of drug-likeness (QED) is 0.752. The molecule has 2 aromatic rings. The van der Waals surface area contributed by atoms with E-state index in [-0.39, 0.29) is 11.7 Å². The Morgan fingerprint density at radius 3 is 2.70 bits per heavy atom. The summed E-state index contributed by atoms with van der Waals surface area (Å²) in [5, 5.41) is 5.20. The highest BCUT2D eigenvalue weighted by molar-refractivity contribution is 5.89. The van der Waals surface area contributed by atoms with E-state index in [2.05, 4.69) is 20.1 Å². The van der Waals surface area contributed by atoms with E-state index in [1.165, 1.54) is 6.07 Å². The van der Waals surface area contributed by atoms with Gasteiger partial charge in [-0.1, -0.05) is 24.3 Å². The van der Waals surface area contributed by atoms with Crippen LogP contribution in [-0.2, 0) is 17.3 Å². The molecule has 0 saturated heterocycles. The Bertz CT molecular complexity index is 904. The first-order valence-corrected chi connectivity index (χ1v) is 8.18. The van der Waals surface area contributed by atoms with Gasteiger partial charge in [-0.2, -0.15) is 8.78 Å². The van der Waals surface area contributed by atoms with Crippen LogP contribution in [0.2, 0.25) is 0 Å². The zero-order valence-electron chi connectivity index (χ0n) is 13.8. The number of rotatable bonds is 2. The van der Waals surface area contributed by atoms with Crippen molar-refractivity contribution in [3.05, 3.63) is 59.2 Å². The van der Waals surface area contributed by atoms with Gasteiger partial charge in [-0.3, -0.25) is 0 Å². The van der Waals surface area contributed by atoms with Gasteiger partial charge in [0.05, 0.1) is 11.6 Å². The smallest absolute Gasteiger partial charge is 0.409 e. The highest BCUT2D eigenvalue weighted by Crippen LogP contribution is 2.46. The normalized spacial score (nSPS) is 21.6. The lowest BCUT2D eigenvalue weighted by Gasteiger charge is -2.30. The third-order valence-electron chi connectivity index (χ3n) is 4.46. The maximum absolute atomic E-state index is 13.8. The molecular weight excluding hydrogens is 368 g/mol. The highest BCUT2D eigenvalue weighted by Gasteiger charge is 2.54. The lowest BCUT2D eigenvalue weighted by molar-refractivity contribution is -0.461. The van der Waals surface area contributed by atoms with Crippen LogP contribution in [-0.4, -0.2) is 12.3 Å². The first kappa shape index (κ1) is 17.6. The minimum Gasteiger partial charge on any atom is -0.409 e. The summed E-state index contributed by atoms with van der Waals surface area (Å²) in [7, 11) is 0. The molecule has 0 radical (unpaired) electrons. The van der Waals surface area contributed by atoms with Gasteiger partial charge in [0.2, 0.25) is 0 Å². The second kappa shape index (κ2) is 6.12. The van der Waals surface area contributed by atoms with E-state index in [9.17, 15) is 22.4 Å². The van der Waals surface area contributed by atoms with Crippen LogP contribution >= 0.6 is 0 Å². The van der Waals surface area contributed by atoms with Crippen molar-refractivity contribution < 1.29 is 31.8 Å². The van der Waals surface area contributed by atoms with Gasteiger partial charge in [0, 0.05) is 5.69 Å². The molecule has 1 unspecified atom stereocenters. The topological polar surface area (TPSA) is 59.6 Å². The van der Waals surface area contributed by atoms with Crippen LogP contribution < -0.4 is 15.4 Å². The van der Waals surface area contributed by atoms with Crippen molar-refractivity contribution in [3.8, 4) is 5.75 Å². The summed E-state index contributed by atoms with van der Waals surface area (Å²) in [5.74, 6) is -0.716. The largest absolute Gasteiger partial charge is 0.540 e. The van der Waals surface area contributed by atoms with E-state index in [1.54, 1.807) is 0 Å². The summed E-state index contributed by atoms with van der Waals surface area (Å²) in [6.07, 6.45) is -7.13. The number of benzene rings is 2. The van der Waals surface area contributed by atoms with E-state index in [1.807, 2.05) is 24.3 Å². The van der Waals surface area contributed by atoms with Gasteiger partial charge < -0.3 is 15.4 Å². The number of hydrogen-bond donors (Lipinski definition) is 2. The minimum absolute atomic E-state index is 0.00498. The number of aryl methyl sites for hydroxylation is 1. The first-order valence-electron chi connectivity index (χ1n) is 8.18. The third kappa shape index (κ3) is 3.42. The van der Waals surface area contributed by atoms with E-state index in [0.29, 0.717) is 0 Å². The third-order valence-corrected chi connectivity index (χ3v) is 4.46. The van der Waals surface area contributed by atoms with Crippen LogP contribution in [0.5, 0.6) is 5.75 Å². The monoisotopic (exact) mass is 382 g/mol. The van der Waals surface area contributed by atoms with E-state index < -0.39 is 29.7 Å². The van der Waals surface area contributed by atoms with Crippen molar-refractivity contribution in [1.29, 1.82) is 0 Å². The number of amides is 2. The summed E-state index contributed by atoms with van der Waals surface area (Å²) in [6, 6.07) is 9.87. The predicted molar refractivity (Wildman–Crippen MR) is 86.7 cm³/mol. The van der Waals surface area contributed by atoms with Gasteiger partial charge in [-0.05, 0) is 42.2 Å². The van der Waals surface area contributed by atoms with Crippen molar-refractivity contribution in [1.82, 2.24) is 5.32 Å². The fourth-order valence-electron chi connectivity index (χ4n) is 3.31. The molecular formula is C18H14F4N2O3. The Kier molecular flexibility index (Phi) is 3.99. The van der Waals surface area contributed by atoms with Crippen molar-refractivity contribution >= 4 is 11.7 Å². The SMILES string of the molecule is O=C(Nc1ccc2c(c1)C(F)(F)OC(F)(F)O2)NC1CCc2ccccc21. The Morgan fingerprint density at radius 2 is 1.89 bits per heavy atom. The summed E-state index contributed by atoms with van der Waals surface area (Å²) < 4.78 is 61.1. The van der Waals surface area contributed by atoms with E-state index >= 15 is 0 Å². The molecule has 0 spiro atoms. The molecule has 0 aromatic heterocycles. The number of urea groups is 1. The van der Waals surface area contributed by atoms with Gasteiger partial charge in [0.25, 0.3) is 0 Å². The molecule has 1 aliphatic heterocycles. The fraction of sp³-hybridized carbons (Fsp3) is 0.278. The van der Waals surface area contributed by atoms with Gasteiger partial charge in [-0.15, -0.1) is 8.78 Å². The van der Waals surface area contributed by atoms with Crippen LogP contribution in [0.15, 0.2) is 42.5 Å². The van der Waals surface area contributed by atoms with Crippen LogP contribution in [0.4, 0.5) is 28.0 Å². The average Bonchev–Trinajstić information content (AvgIpc) is 2.97. The van der Waals surface area contributed by atoms with Crippen molar-refractivity contribution in [2.24, 2.45) is 0 Å². The molecule has 1 aliphatic carbocycles. The Hall–Kier alpha value is -2.81. The van der Waals surface area contributed by atoms with Crippen molar-refractivity contribution in [2.45, 2.75) is 31.3 Å². The summed E-state index contributed by atoms with van der Waals surface area (Å²) in [4.78, 5) is 12.2. The summed E-state index contributed by atoms with van der Waals surface area (Å²) in [6.45, 7) is 0. The Labute approximate surface area is 151 Å². The first-order chi connectivity index (χ1) is 12.7. The molecule has 9 heteroatoms. The molecule has 2 amide bonds. The fourth-order valence-corrected chi connectivity index (χ4v) is 3.31. The number of hydrogen-bond acceptors (Lipinski definition) is 3. The highest BCUT2D eigenvalue weighted by atomic mass is 19.3. The van der Waals surface area contributed by atoms with Crippen molar-refractivity contribution in [3.63, 3.8) is 0 Å². The number of alkyl halides is 4. The average molecular weight is 382 g/mol. The van der Waals surface area contributed by atoms with Crippen LogP contribution in [0.1, 0.15) is 29.2 Å². The zero-order chi connectivity index (χ0) is 19.2. The number of halogens is 4. The molecule has 1 heterocycles. The molecule has 0 fully saturated rings. The van der Waals surface area contributed by atoms with Crippen LogP contribution in [0, 0.1) is 0 Å². The minimum atomic E-state index is -4.43. The molecule has 4 rings (SSSR count). The number of carbonyl (C=O) groups excluding carboxylic acids is 1. The molecule has 0 saturated carbocycles. The maximum atomic E-state index is 13.8. The molecule has 0 bridgehead atoms. The summed E-state index contributed by atoms with van der Waals surface area (Å²) >= 11 is 0. The standard InChI is InChI=1S/C18H14F4N2O3/c19-17(20)13-9-11(6-8-15(13)26-18(21,22)27-17)23-16(25)24-14-7-5-10-3-1-2-4-12(10)14/h1-4,6,8-9,14H,5,7H2,(H2,23,24,25). The molecule has 2 aromatic carbocycles. The molecule has 142 valence electrons. The van der Waals surface area contributed by atoms with Gasteiger partial charge >= 0.3 is 18.4 Å². The lowest BCUT2D eigenvalue weighted by Crippen LogP contribution is -2.41. The van der Waals surface area contributed by atoms with E-state index in [0.717, 1.165) is 36.1 Å². The Morgan fingerprint density at radius 1 is 1.11 bits per heavy atom. The van der Waals surface area contributed by atoms with Crippen LogP contribution in [0.25, 0.3) is 0 Å². The predicted octanol–water partition coefficient (Wildman–Crippen LogP) is 4.50. The maximum Gasteiger partial charge on any atom is 0.540 e. The van der Waals surface area contributed by atoms with Crippen molar-refractivity contribution in [2.75, 3.05) is 5.32 Å². The number of anilines is 1. The number of ether oxygens (including phenoxy) is 2. The second-order valence-corrected chi connectivity index (χ2v) is 6.28. The Balaban J connectivity index is 1.49. The summed E-state index contributed by atoms with van der Waals surface area (Å²) in [5.41, 5.74) is 1.26.